The van der Waals surface area contributed by atoms with Gasteiger partial charge in [0.25, 0.3) is 0 Å². The van der Waals surface area contributed by atoms with Crippen molar-refractivity contribution in [2.45, 2.75) is 76.8 Å². The number of phenols is 1. The van der Waals surface area contributed by atoms with Crippen LogP contribution in [0.3, 0.4) is 0 Å². The first-order valence-electron chi connectivity index (χ1n) is 9.76. The topological polar surface area (TPSA) is 196 Å². The maximum Gasteiger partial charge on any atom is -0.693 e. The van der Waals surface area contributed by atoms with E-state index >= 15 is 0 Å². The molecule has 196 valence electrons. The maximum absolute atomic E-state index is 10.3. The number of fused-ring (bicyclic) bond motifs is 1. The van der Waals surface area contributed by atoms with E-state index in [1.54, 1.807) is 0 Å². The first kappa shape index (κ1) is 32.8. The summed E-state index contributed by atoms with van der Waals surface area (Å²) in [5, 5.41) is 49.5. The van der Waals surface area contributed by atoms with Gasteiger partial charge in [0.2, 0.25) is 0 Å². The van der Waals surface area contributed by atoms with Crippen molar-refractivity contribution in [3.8, 4) is 11.5 Å². The molecule has 2 aliphatic heterocycles. The number of phenolic OH excluding ortho intramolecular Hbond substituents is 1. The zero-order valence-electron chi connectivity index (χ0n) is 18.9. The van der Waals surface area contributed by atoms with Crippen molar-refractivity contribution >= 4 is 18.8 Å². The second-order valence-electron chi connectivity index (χ2n) is 8.14. The van der Waals surface area contributed by atoms with E-state index in [1.807, 2.05) is 27.7 Å². The number of rotatable bonds is 4. The second kappa shape index (κ2) is 13.7. The summed E-state index contributed by atoms with van der Waals surface area (Å²) in [6.07, 6.45) is -5.23. The molecule has 1 fully saturated rings. The van der Waals surface area contributed by atoms with Crippen molar-refractivity contribution in [2.75, 3.05) is 13.2 Å². The van der Waals surface area contributed by atoms with Crippen molar-refractivity contribution in [1.82, 2.24) is 0 Å². The zero-order valence-corrected chi connectivity index (χ0v) is 22.7. The number of aliphatic hydroxyl groups is 4. The Morgan fingerprint density at radius 3 is 2.15 bits per heavy atom. The summed E-state index contributed by atoms with van der Waals surface area (Å²) in [5.41, 5.74) is 2.74. The first-order valence-corrected chi connectivity index (χ1v) is 15.4. The van der Waals surface area contributed by atoms with Gasteiger partial charge in [0, 0.05) is 5.56 Å². The fourth-order valence-corrected chi connectivity index (χ4v) is 3.86. The average Bonchev–Trinajstić information content (AvgIpc) is 2.74. The number of halogens is 2. The molecule has 0 spiro atoms. The second-order valence-corrected chi connectivity index (χ2v) is 11.4. The number of aliphatic hydroxyl groups excluding tert-OH is 4. The Kier molecular flexibility index (Phi) is 13.7. The zero-order chi connectivity index (χ0) is 23.5. The molecule has 0 amide bonds. The largest absolute Gasteiger partial charge is 0.693 e. The van der Waals surface area contributed by atoms with Crippen molar-refractivity contribution in [2.24, 2.45) is 0 Å². The quantitative estimate of drug-likeness (QED) is 0.317. The Balaban J connectivity index is 0.00000194. The molecule has 1 unspecified atom stereocenters. The molecule has 2 aliphatic rings. The molecule has 0 saturated carbocycles. The van der Waals surface area contributed by atoms with Gasteiger partial charge in [-0.2, -0.15) is 0 Å². The van der Waals surface area contributed by atoms with Crippen LogP contribution >= 0.6 is 18.8 Å². The van der Waals surface area contributed by atoms with E-state index < -0.39 is 59.4 Å². The smallest absolute Gasteiger partial charge is 0.693 e. The van der Waals surface area contributed by atoms with Crippen LogP contribution in [-0.4, -0.2) is 75.1 Å². The molecule has 33 heavy (non-hydrogen) atoms. The molecule has 6 atom stereocenters. The first-order chi connectivity index (χ1) is 14.5. The number of benzene rings is 1. The Morgan fingerprint density at radius 2 is 1.61 bits per heavy atom. The van der Waals surface area contributed by atoms with Crippen LogP contribution in [0.5, 0.6) is 11.5 Å². The van der Waals surface area contributed by atoms with Crippen LogP contribution in [0.1, 0.15) is 35.6 Å². The van der Waals surface area contributed by atoms with Gasteiger partial charge >= 0.3 is 35.3 Å². The number of nitrogens with two attached hydrogens (primary N) is 2. The maximum atomic E-state index is 10.3. The molecule has 1 aromatic carbocycles. The van der Waals surface area contributed by atoms with Crippen LogP contribution in [-0.2, 0) is 32.4 Å². The third kappa shape index (κ3) is 7.15. The van der Waals surface area contributed by atoms with Gasteiger partial charge in [-0.05, 0) is 57.2 Å². The number of hydrogen-bond acceptors (Lipinski definition) is 8. The van der Waals surface area contributed by atoms with E-state index in [9.17, 15) is 25.5 Å². The predicted molar refractivity (Wildman–Crippen MR) is 122 cm³/mol. The van der Waals surface area contributed by atoms with Gasteiger partial charge in [-0.15, -0.1) is 0 Å². The SMILES string of the molecule is Cc1c(C)c2c(c(C)c1O)CCC(C)(CO[C@H]1O[C@H](CO)[C@@H](O)[C@H](O)[C@H]1O)O2.[Cl][Pt+2][Cl].[NH2-].[NH2-]. The molecular formula is C20H34Cl2N2O8Pt. The Bertz CT molecular complexity index is 776. The summed E-state index contributed by atoms with van der Waals surface area (Å²) in [7, 11) is 9.75. The van der Waals surface area contributed by atoms with Crippen LogP contribution in [0.4, 0.5) is 0 Å². The predicted octanol–water partition coefficient (Wildman–Crippen LogP) is 3.03. The fraction of sp³-hybridized carbons (Fsp3) is 0.700. The fourth-order valence-electron chi connectivity index (χ4n) is 3.86. The molecule has 3 rings (SSSR count). The van der Waals surface area contributed by atoms with Crippen LogP contribution in [0.2, 0.25) is 0 Å². The summed E-state index contributed by atoms with van der Waals surface area (Å²) in [6, 6.07) is 0. The molecular weight excluding hydrogens is 662 g/mol. The summed E-state index contributed by atoms with van der Waals surface area (Å²) < 4.78 is 17.4. The number of hydrogen-bond donors (Lipinski definition) is 5. The van der Waals surface area contributed by atoms with Gasteiger partial charge in [-0.25, -0.2) is 0 Å². The number of ether oxygens (including phenoxy) is 3. The van der Waals surface area contributed by atoms with E-state index in [1.165, 1.54) is 0 Å². The van der Waals surface area contributed by atoms with Gasteiger partial charge in [-0.3, -0.25) is 0 Å². The van der Waals surface area contributed by atoms with Gasteiger partial charge in [0.15, 0.2) is 6.29 Å². The van der Waals surface area contributed by atoms with Crippen molar-refractivity contribution in [3.05, 3.63) is 34.6 Å². The van der Waals surface area contributed by atoms with Crippen LogP contribution in [0.15, 0.2) is 0 Å². The monoisotopic (exact) mass is 695 g/mol. The van der Waals surface area contributed by atoms with Gasteiger partial charge in [-0.1, -0.05) is 0 Å². The Labute approximate surface area is 210 Å². The van der Waals surface area contributed by atoms with Crippen molar-refractivity contribution < 1.29 is 56.2 Å². The minimum Gasteiger partial charge on any atom is -0.693 e. The summed E-state index contributed by atoms with van der Waals surface area (Å²) >= 11 is -0.472. The third-order valence-corrected chi connectivity index (χ3v) is 5.99. The van der Waals surface area contributed by atoms with Gasteiger partial charge in [0.1, 0.15) is 41.5 Å². The van der Waals surface area contributed by atoms with E-state index in [0.29, 0.717) is 18.6 Å². The van der Waals surface area contributed by atoms with E-state index in [-0.39, 0.29) is 18.9 Å². The summed E-state index contributed by atoms with van der Waals surface area (Å²) in [6.45, 7) is 7.07. The Morgan fingerprint density at radius 1 is 1.03 bits per heavy atom. The van der Waals surface area contributed by atoms with Crippen LogP contribution in [0, 0.1) is 20.8 Å². The van der Waals surface area contributed by atoms with E-state index in [4.69, 9.17) is 33.0 Å². The molecule has 10 nitrogen and oxygen atoms in total. The summed E-state index contributed by atoms with van der Waals surface area (Å²) in [5.74, 6) is 1.03. The average molecular weight is 696 g/mol. The Hall–Kier alpha value is -0.232. The summed E-state index contributed by atoms with van der Waals surface area (Å²) in [4.78, 5) is 0. The molecule has 2 heterocycles. The van der Waals surface area contributed by atoms with Crippen molar-refractivity contribution in [3.63, 3.8) is 0 Å². The number of aromatic hydroxyl groups is 1. The molecule has 1 aromatic rings. The van der Waals surface area contributed by atoms with E-state index in [0.717, 1.165) is 28.0 Å². The standard InChI is InChI=1S/C20H30O8.2ClH.2H2N.Pt/c1-9-10(2)18-12(11(3)14(9)22)5-6-20(4,28-18)8-26-19-17(25)16(24)15(23)13(7-21)27-19;;;;;/h13,15-17,19,21-25H,5-8H2,1-4H3;2*1H;2*1H2;/q;;;2*-1;+4/p-2/t13-,15-,16+,17-,19+,20?;;;;;/m1...../s1. The molecule has 0 aliphatic carbocycles. The third-order valence-electron chi connectivity index (χ3n) is 5.99. The van der Waals surface area contributed by atoms with Crippen LogP contribution in [0.25, 0.3) is 12.3 Å². The van der Waals surface area contributed by atoms with E-state index in [2.05, 4.69) is 0 Å². The minimum absolute atomic E-state index is 0. The molecule has 9 N–H and O–H groups in total. The van der Waals surface area contributed by atoms with Gasteiger partial charge in [0.05, 0.1) is 13.2 Å². The van der Waals surface area contributed by atoms with Crippen molar-refractivity contribution in [1.29, 1.82) is 0 Å². The molecule has 13 heteroatoms. The molecule has 0 aromatic heterocycles. The molecule has 0 bridgehead atoms. The molecule has 0 radical (unpaired) electrons. The molecule has 1 saturated heterocycles. The normalized spacial score (nSPS) is 30.7. The minimum atomic E-state index is -1.48. The van der Waals surface area contributed by atoms with Gasteiger partial charge < -0.3 is 52.0 Å². The van der Waals surface area contributed by atoms with Crippen LogP contribution < -0.4 is 4.74 Å².